The summed E-state index contributed by atoms with van der Waals surface area (Å²) in [6, 6.07) is 5.21. The van der Waals surface area contributed by atoms with Gasteiger partial charge < -0.3 is 29.2 Å². The lowest BCUT2D eigenvalue weighted by atomic mass is 10.2. The quantitative estimate of drug-likeness (QED) is 0.306. The number of halogens is 1. The number of carbonyl (C=O) groups is 2. The van der Waals surface area contributed by atoms with Gasteiger partial charge in [0.1, 0.15) is 17.4 Å². The Morgan fingerprint density at radius 2 is 2.07 bits per heavy atom. The number of alkyl carbamates (subject to hydrolysis) is 1. The number of hydrogen-bond donors (Lipinski definition) is 1. The van der Waals surface area contributed by atoms with E-state index < -0.39 is 17.7 Å². The summed E-state index contributed by atoms with van der Waals surface area (Å²) in [4.78, 5) is 26.4. The van der Waals surface area contributed by atoms with Gasteiger partial charge in [0.15, 0.2) is 6.79 Å². The standard InChI is InChI=1S/C20H29IN2O6/c1-20(2,3)29-19(25)22-16-7-8-23(18(16)24)12-14-11-15(21)5-6-17(14)28-13-27-10-9-26-4/h5-6,11,16H,7-10,12-13H2,1-4H3,(H,22,25)/t16-/m0/s1. The lowest BCUT2D eigenvalue weighted by molar-refractivity contribution is -0.130. The second-order valence-electron chi connectivity index (χ2n) is 7.66. The number of rotatable bonds is 9. The average Bonchev–Trinajstić information content (AvgIpc) is 2.95. The summed E-state index contributed by atoms with van der Waals surface area (Å²) in [6.07, 6.45) is -0.0395. The summed E-state index contributed by atoms with van der Waals surface area (Å²) >= 11 is 2.22. The number of ether oxygens (including phenoxy) is 4. The molecule has 1 atom stereocenters. The molecule has 2 amide bonds. The van der Waals surface area contributed by atoms with Crippen LogP contribution in [0.2, 0.25) is 0 Å². The highest BCUT2D eigenvalue weighted by Gasteiger charge is 2.34. The van der Waals surface area contributed by atoms with E-state index in [0.717, 1.165) is 9.13 Å². The van der Waals surface area contributed by atoms with Crippen molar-refractivity contribution < 1.29 is 28.5 Å². The molecule has 1 N–H and O–H groups in total. The Kier molecular flexibility index (Phi) is 8.97. The van der Waals surface area contributed by atoms with Gasteiger partial charge in [0.2, 0.25) is 5.91 Å². The number of likely N-dealkylation sites (tertiary alicyclic amines) is 1. The van der Waals surface area contributed by atoms with Crippen LogP contribution in [-0.2, 0) is 25.5 Å². The third-order valence-electron chi connectivity index (χ3n) is 4.10. The van der Waals surface area contributed by atoms with Gasteiger partial charge in [0.05, 0.1) is 13.2 Å². The normalized spacial score (nSPS) is 16.8. The molecule has 0 unspecified atom stereocenters. The van der Waals surface area contributed by atoms with E-state index >= 15 is 0 Å². The van der Waals surface area contributed by atoms with Crippen molar-refractivity contribution in [3.63, 3.8) is 0 Å². The number of nitrogens with zero attached hydrogens (tertiary/aromatic N) is 1. The summed E-state index contributed by atoms with van der Waals surface area (Å²) in [7, 11) is 1.61. The van der Waals surface area contributed by atoms with Gasteiger partial charge in [0.25, 0.3) is 0 Å². The molecule has 1 fully saturated rings. The largest absolute Gasteiger partial charge is 0.467 e. The van der Waals surface area contributed by atoms with Crippen LogP contribution in [0, 0.1) is 3.57 Å². The van der Waals surface area contributed by atoms with Gasteiger partial charge in [-0.1, -0.05) is 0 Å². The monoisotopic (exact) mass is 520 g/mol. The van der Waals surface area contributed by atoms with Crippen molar-refractivity contribution >= 4 is 34.6 Å². The molecule has 9 heteroatoms. The van der Waals surface area contributed by atoms with Crippen molar-refractivity contribution in [2.24, 2.45) is 0 Å². The molecular weight excluding hydrogens is 491 g/mol. The van der Waals surface area contributed by atoms with Crippen molar-refractivity contribution in [1.82, 2.24) is 10.2 Å². The van der Waals surface area contributed by atoms with E-state index in [1.54, 1.807) is 32.8 Å². The van der Waals surface area contributed by atoms with Crippen LogP contribution in [0.1, 0.15) is 32.8 Å². The van der Waals surface area contributed by atoms with E-state index in [4.69, 9.17) is 18.9 Å². The summed E-state index contributed by atoms with van der Waals surface area (Å²) in [6.45, 7) is 7.35. The van der Waals surface area contributed by atoms with E-state index in [1.807, 2.05) is 18.2 Å². The van der Waals surface area contributed by atoms with E-state index in [2.05, 4.69) is 27.9 Å². The smallest absolute Gasteiger partial charge is 0.408 e. The summed E-state index contributed by atoms with van der Waals surface area (Å²) < 4.78 is 22.3. The molecule has 1 aliphatic rings. The fourth-order valence-electron chi connectivity index (χ4n) is 2.80. The zero-order chi connectivity index (χ0) is 21.4. The van der Waals surface area contributed by atoms with E-state index in [1.165, 1.54) is 0 Å². The number of nitrogens with one attached hydrogen (secondary N) is 1. The molecule has 2 rings (SSSR count). The Balaban J connectivity index is 1.94. The number of benzene rings is 1. The second-order valence-corrected chi connectivity index (χ2v) is 8.91. The second kappa shape index (κ2) is 11.0. The third-order valence-corrected chi connectivity index (χ3v) is 4.77. The predicted molar refractivity (Wildman–Crippen MR) is 116 cm³/mol. The van der Waals surface area contributed by atoms with Crippen LogP contribution in [0.5, 0.6) is 5.75 Å². The summed E-state index contributed by atoms with van der Waals surface area (Å²) in [5.41, 5.74) is 0.280. The fraction of sp³-hybridized carbons (Fsp3) is 0.600. The van der Waals surface area contributed by atoms with Crippen LogP contribution in [-0.4, -0.2) is 62.2 Å². The first kappa shape index (κ1) is 23.7. The van der Waals surface area contributed by atoms with Crippen molar-refractivity contribution in [2.45, 2.75) is 45.4 Å². The minimum atomic E-state index is -0.607. The Labute approximate surface area is 185 Å². The van der Waals surface area contributed by atoms with Gasteiger partial charge in [0, 0.05) is 29.3 Å². The molecule has 1 aromatic rings. The minimum Gasteiger partial charge on any atom is -0.467 e. The molecule has 0 radical (unpaired) electrons. The molecule has 0 saturated carbocycles. The molecule has 0 aromatic heterocycles. The van der Waals surface area contributed by atoms with Crippen molar-refractivity contribution in [1.29, 1.82) is 0 Å². The molecule has 162 valence electrons. The SMILES string of the molecule is COCCOCOc1ccc(I)cc1CN1CC[C@H](NC(=O)OC(C)(C)C)C1=O. The zero-order valence-corrected chi connectivity index (χ0v) is 19.5. The maximum Gasteiger partial charge on any atom is 0.408 e. The van der Waals surface area contributed by atoms with Gasteiger partial charge in [-0.25, -0.2) is 4.79 Å². The van der Waals surface area contributed by atoms with Crippen LogP contribution >= 0.6 is 22.6 Å². The van der Waals surface area contributed by atoms with Gasteiger partial charge in [-0.2, -0.15) is 0 Å². The minimum absolute atomic E-state index is 0.105. The fourth-order valence-corrected chi connectivity index (χ4v) is 3.36. The van der Waals surface area contributed by atoms with Gasteiger partial charge in [-0.05, 0) is 68.0 Å². The lowest BCUT2D eigenvalue weighted by Gasteiger charge is -2.22. The lowest BCUT2D eigenvalue weighted by Crippen LogP contribution is -2.43. The van der Waals surface area contributed by atoms with E-state index in [-0.39, 0.29) is 12.7 Å². The van der Waals surface area contributed by atoms with Crippen molar-refractivity contribution in [3.05, 3.63) is 27.3 Å². The average molecular weight is 520 g/mol. The van der Waals surface area contributed by atoms with Gasteiger partial charge in [-0.3, -0.25) is 4.79 Å². The van der Waals surface area contributed by atoms with Crippen LogP contribution in [0.4, 0.5) is 4.79 Å². The van der Waals surface area contributed by atoms with Crippen molar-refractivity contribution in [3.8, 4) is 5.75 Å². The highest BCUT2D eigenvalue weighted by molar-refractivity contribution is 14.1. The molecule has 8 nitrogen and oxygen atoms in total. The maximum atomic E-state index is 12.7. The van der Waals surface area contributed by atoms with Crippen LogP contribution in [0.25, 0.3) is 0 Å². The topological polar surface area (TPSA) is 86.3 Å². The van der Waals surface area contributed by atoms with Crippen molar-refractivity contribution in [2.75, 3.05) is 33.7 Å². The van der Waals surface area contributed by atoms with Crippen LogP contribution in [0.15, 0.2) is 18.2 Å². The molecule has 0 bridgehead atoms. The summed E-state index contributed by atoms with van der Waals surface area (Å²) in [5, 5.41) is 2.66. The number of hydrogen-bond acceptors (Lipinski definition) is 6. The highest BCUT2D eigenvalue weighted by atomic mass is 127. The molecule has 0 aliphatic carbocycles. The molecule has 0 spiro atoms. The maximum absolute atomic E-state index is 12.7. The Hall–Kier alpha value is -1.59. The molecule has 1 aromatic carbocycles. The molecule has 29 heavy (non-hydrogen) atoms. The Morgan fingerprint density at radius 3 is 2.76 bits per heavy atom. The highest BCUT2D eigenvalue weighted by Crippen LogP contribution is 2.25. The molecule has 1 saturated heterocycles. The van der Waals surface area contributed by atoms with Gasteiger partial charge in [-0.15, -0.1) is 0 Å². The first-order valence-corrected chi connectivity index (χ1v) is 10.5. The van der Waals surface area contributed by atoms with Gasteiger partial charge >= 0.3 is 6.09 Å². The van der Waals surface area contributed by atoms with E-state index in [9.17, 15) is 9.59 Å². The Bertz CT molecular complexity index is 707. The predicted octanol–water partition coefficient (Wildman–Crippen LogP) is 2.92. The third kappa shape index (κ3) is 7.98. The molecule has 1 heterocycles. The van der Waals surface area contributed by atoms with Crippen LogP contribution in [0.3, 0.4) is 0 Å². The number of amides is 2. The number of carbonyl (C=O) groups excluding carboxylic acids is 2. The zero-order valence-electron chi connectivity index (χ0n) is 17.3. The molecular formula is C20H29IN2O6. The first-order chi connectivity index (χ1) is 13.7. The summed E-state index contributed by atoms with van der Waals surface area (Å²) in [5.74, 6) is 0.538. The Morgan fingerprint density at radius 1 is 1.31 bits per heavy atom. The first-order valence-electron chi connectivity index (χ1n) is 9.46. The number of methoxy groups -OCH3 is 1. The van der Waals surface area contributed by atoms with E-state index in [0.29, 0.717) is 38.5 Å². The van der Waals surface area contributed by atoms with Crippen LogP contribution < -0.4 is 10.1 Å². The molecule has 1 aliphatic heterocycles.